The molecular formula is C5H9IN2O. The number of aryl methyl sites for hydroxylation is 1. The molecule has 9 heavy (non-hydrogen) atoms. The van der Waals surface area contributed by atoms with Gasteiger partial charge in [-0.3, -0.25) is 0 Å². The van der Waals surface area contributed by atoms with Gasteiger partial charge in [0.25, 0.3) is 0 Å². The molecule has 52 valence electrons. The minimum atomic E-state index is -1.00. The molecule has 1 aromatic rings. The second kappa shape index (κ2) is 2.64. The zero-order chi connectivity index (χ0) is 6.85. The van der Waals surface area contributed by atoms with E-state index >= 15 is 0 Å². The molecule has 0 spiro atoms. The predicted octanol–water partition coefficient (Wildman–Crippen LogP) is 1.31. The molecule has 0 N–H and O–H groups in total. The summed E-state index contributed by atoms with van der Waals surface area (Å²) in [5.41, 5.74) is 0. The second-order valence-electron chi connectivity index (χ2n) is 1.83. The Balaban J connectivity index is 2.85. The van der Waals surface area contributed by atoms with Crippen LogP contribution >= 0.6 is 19.8 Å². The molecule has 0 aliphatic heterocycles. The van der Waals surface area contributed by atoms with Crippen molar-refractivity contribution in [2.75, 3.05) is 9.86 Å². The summed E-state index contributed by atoms with van der Waals surface area (Å²) in [5, 5.41) is 7.63. The van der Waals surface area contributed by atoms with Gasteiger partial charge in [0, 0.05) is 0 Å². The van der Waals surface area contributed by atoms with Crippen LogP contribution in [-0.2, 0) is 0 Å². The Hall–Kier alpha value is -0.130. The molecule has 0 bridgehead atoms. The van der Waals surface area contributed by atoms with Crippen molar-refractivity contribution in [2.45, 2.75) is 6.92 Å². The maximum atomic E-state index is 5.19. The zero-order valence-electron chi connectivity index (χ0n) is 5.68. The van der Waals surface area contributed by atoms with Gasteiger partial charge in [-0.15, -0.1) is 0 Å². The first kappa shape index (κ1) is 6.98. The molecule has 0 saturated heterocycles. The van der Waals surface area contributed by atoms with E-state index in [1.54, 1.807) is 0 Å². The summed E-state index contributed by atoms with van der Waals surface area (Å²) in [7, 11) is 0. The first-order valence-electron chi connectivity index (χ1n) is 2.50. The van der Waals surface area contributed by atoms with E-state index in [0.717, 1.165) is 3.90 Å². The van der Waals surface area contributed by atoms with Gasteiger partial charge in [-0.1, -0.05) is 0 Å². The molecule has 0 saturated carbocycles. The third kappa shape index (κ3) is 1.64. The number of halogens is 1. The Bertz CT molecular complexity index is 197. The predicted molar refractivity (Wildman–Crippen MR) is 43.6 cm³/mol. The molecular weight excluding hydrogens is 231 g/mol. The number of hydrogen-bond donors (Lipinski definition) is 0. The van der Waals surface area contributed by atoms with E-state index in [2.05, 4.69) is 20.1 Å². The summed E-state index contributed by atoms with van der Waals surface area (Å²) in [6, 6.07) is 0. The third-order valence-corrected chi connectivity index (χ3v) is 3.11. The first-order chi connectivity index (χ1) is 4.20. The molecule has 3 nitrogen and oxygen atoms in total. The van der Waals surface area contributed by atoms with E-state index in [1.165, 1.54) is 0 Å². The average molecular weight is 240 g/mol. The summed E-state index contributed by atoms with van der Waals surface area (Å²) in [6.45, 7) is 1.82. The molecule has 1 rings (SSSR count). The fourth-order valence-electron chi connectivity index (χ4n) is 0.425. The van der Waals surface area contributed by atoms with E-state index in [-0.39, 0.29) is 0 Å². The van der Waals surface area contributed by atoms with Gasteiger partial charge in [-0.25, -0.2) is 0 Å². The van der Waals surface area contributed by atoms with Crippen LogP contribution in [-0.4, -0.2) is 20.1 Å². The third-order valence-electron chi connectivity index (χ3n) is 0.825. The fourth-order valence-corrected chi connectivity index (χ4v) is 1.72. The monoisotopic (exact) mass is 240 g/mol. The molecule has 0 aromatic carbocycles. The van der Waals surface area contributed by atoms with Crippen molar-refractivity contribution in [2.24, 2.45) is 0 Å². The van der Waals surface area contributed by atoms with Crippen LogP contribution < -0.4 is 0 Å². The van der Waals surface area contributed by atoms with Gasteiger partial charge in [0.15, 0.2) is 0 Å². The Morgan fingerprint density at radius 2 is 2.00 bits per heavy atom. The maximum absolute atomic E-state index is 5.19. The topological polar surface area (TPSA) is 38.9 Å². The van der Waals surface area contributed by atoms with Crippen molar-refractivity contribution < 1.29 is 4.42 Å². The van der Waals surface area contributed by atoms with Crippen LogP contribution in [0.25, 0.3) is 0 Å². The van der Waals surface area contributed by atoms with Crippen molar-refractivity contribution in [3.8, 4) is 0 Å². The normalized spacial score (nSPS) is 11.7. The zero-order valence-corrected chi connectivity index (χ0v) is 7.84. The first-order valence-corrected chi connectivity index (χ1v) is 7.89. The van der Waals surface area contributed by atoms with Gasteiger partial charge in [-0.05, 0) is 0 Å². The van der Waals surface area contributed by atoms with Crippen LogP contribution in [0.2, 0.25) is 0 Å². The Morgan fingerprint density at radius 1 is 1.33 bits per heavy atom. The standard InChI is InChI=1S/C5H9IN2O/c1-4-7-8-5(9-4)6(2)3/h1-3H3. The average Bonchev–Trinajstić information content (AvgIpc) is 2.14. The van der Waals surface area contributed by atoms with E-state index in [0.29, 0.717) is 5.89 Å². The quantitative estimate of drug-likeness (QED) is 0.548. The van der Waals surface area contributed by atoms with Crippen LogP contribution in [0, 0.1) is 10.8 Å². The van der Waals surface area contributed by atoms with E-state index in [4.69, 9.17) is 4.42 Å². The molecule has 0 amide bonds. The van der Waals surface area contributed by atoms with Gasteiger partial charge in [0.05, 0.1) is 0 Å². The molecule has 1 heterocycles. The van der Waals surface area contributed by atoms with Crippen molar-refractivity contribution in [3.05, 3.63) is 9.79 Å². The van der Waals surface area contributed by atoms with Gasteiger partial charge in [0.2, 0.25) is 0 Å². The Morgan fingerprint density at radius 3 is 2.22 bits per heavy atom. The summed E-state index contributed by atoms with van der Waals surface area (Å²) < 4.78 is 6.06. The molecule has 0 aliphatic rings. The molecule has 0 radical (unpaired) electrons. The van der Waals surface area contributed by atoms with Crippen LogP contribution in [0.4, 0.5) is 0 Å². The fraction of sp³-hybridized carbons (Fsp3) is 0.600. The number of alkyl halides is 2. The SMILES string of the molecule is Cc1nnc(I(C)C)o1. The van der Waals surface area contributed by atoms with Gasteiger partial charge < -0.3 is 0 Å². The van der Waals surface area contributed by atoms with E-state index in [1.807, 2.05) is 6.92 Å². The van der Waals surface area contributed by atoms with Gasteiger partial charge >= 0.3 is 61.0 Å². The van der Waals surface area contributed by atoms with Crippen molar-refractivity contribution >= 4 is 19.8 Å². The molecule has 0 aliphatic carbocycles. The molecule has 0 fully saturated rings. The summed E-state index contributed by atoms with van der Waals surface area (Å²) in [6.07, 6.45) is 0. The molecule has 4 heteroatoms. The van der Waals surface area contributed by atoms with Gasteiger partial charge in [0.1, 0.15) is 0 Å². The number of hydrogen-bond acceptors (Lipinski definition) is 3. The summed E-state index contributed by atoms with van der Waals surface area (Å²) in [4.78, 5) is 4.35. The Labute approximate surface area is 61.2 Å². The van der Waals surface area contributed by atoms with Crippen molar-refractivity contribution in [1.29, 1.82) is 0 Å². The Kier molecular flexibility index (Phi) is 2.05. The van der Waals surface area contributed by atoms with E-state index in [9.17, 15) is 0 Å². The van der Waals surface area contributed by atoms with E-state index < -0.39 is 19.8 Å². The van der Waals surface area contributed by atoms with Crippen LogP contribution in [0.1, 0.15) is 5.89 Å². The summed E-state index contributed by atoms with van der Waals surface area (Å²) >= 11 is -1.00. The number of rotatable bonds is 1. The molecule has 0 unspecified atom stereocenters. The van der Waals surface area contributed by atoms with Gasteiger partial charge in [-0.2, -0.15) is 0 Å². The minimum absolute atomic E-state index is 0.677. The summed E-state index contributed by atoms with van der Waals surface area (Å²) in [5.74, 6) is 0.677. The van der Waals surface area contributed by atoms with Crippen LogP contribution in [0.5, 0.6) is 0 Å². The second-order valence-corrected chi connectivity index (χ2v) is 7.07. The number of aromatic nitrogens is 2. The van der Waals surface area contributed by atoms with Crippen LogP contribution in [0.3, 0.4) is 0 Å². The van der Waals surface area contributed by atoms with Crippen LogP contribution in [0.15, 0.2) is 4.42 Å². The molecule has 0 atom stereocenters. The van der Waals surface area contributed by atoms with Crippen molar-refractivity contribution in [1.82, 2.24) is 10.2 Å². The van der Waals surface area contributed by atoms with Crippen molar-refractivity contribution in [3.63, 3.8) is 0 Å². The molecule has 1 aromatic heterocycles. The number of nitrogens with zero attached hydrogens (tertiary/aromatic N) is 2.